The normalized spacial score (nSPS) is 16.7. The Morgan fingerprint density at radius 2 is 2.00 bits per heavy atom. The lowest BCUT2D eigenvalue weighted by molar-refractivity contribution is -0.183. The molecule has 1 N–H and O–H groups in total. The molecule has 1 heterocycles. The largest absolute Gasteiger partial charge is 0.493 e. The van der Waals surface area contributed by atoms with Crippen LogP contribution in [0.3, 0.4) is 0 Å². The number of aliphatic hydroxyl groups excluding tert-OH is 1. The van der Waals surface area contributed by atoms with Crippen LogP contribution < -0.4 is 4.74 Å². The lowest BCUT2D eigenvalue weighted by Gasteiger charge is -2.23. The average Bonchev–Trinajstić information content (AvgIpc) is 2.42. The molecule has 1 aromatic rings. The van der Waals surface area contributed by atoms with Crippen molar-refractivity contribution in [2.45, 2.75) is 25.6 Å². The maximum atomic E-state index is 8.98. The van der Waals surface area contributed by atoms with E-state index in [1.54, 1.807) is 0 Å². The van der Waals surface area contributed by atoms with Gasteiger partial charge in [-0.05, 0) is 24.5 Å². The third kappa shape index (κ3) is 3.98. The monoisotopic (exact) mass is 252 g/mol. The SMILES string of the molecule is OCCc1ccccc1OCCC1OCCCO1. The van der Waals surface area contributed by atoms with Crippen molar-refractivity contribution in [2.75, 3.05) is 26.4 Å². The highest BCUT2D eigenvalue weighted by Gasteiger charge is 2.14. The van der Waals surface area contributed by atoms with Crippen LogP contribution in [0.5, 0.6) is 5.75 Å². The van der Waals surface area contributed by atoms with E-state index < -0.39 is 0 Å². The third-order valence-corrected chi connectivity index (χ3v) is 2.86. The molecule has 1 aliphatic rings. The van der Waals surface area contributed by atoms with Crippen molar-refractivity contribution in [3.63, 3.8) is 0 Å². The van der Waals surface area contributed by atoms with Crippen LogP contribution in [0.25, 0.3) is 0 Å². The summed E-state index contributed by atoms with van der Waals surface area (Å²) in [7, 11) is 0. The average molecular weight is 252 g/mol. The van der Waals surface area contributed by atoms with Gasteiger partial charge in [-0.1, -0.05) is 18.2 Å². The van der Waals surface area contributed by atoms with Crippen LogP contribution in [0.15, 0.2) is 24.3 Å². The van der Waals surface area contributed by atoms with Crippen LogP contribution in [-0.2, 0) is 15.9 Å². The van der Waals surface area contributed by atoms with Gasteiger partial charge in [-0.25, -0.2) is 0 Å². The van der Waals surface area contributed by atoms with Gasteiger partial charge < -0.3 is 19.3 Å². The minimum Gasteiger partial charge on any atom is -0.493 e. The predicted octanol–water partition coefficient (Wildman–Crippen LogP) is 1.75. The van der Waals surface area contributed by atoms with Crippen LogP contribution in [0.2, 0.25) is 0 Å². The van der Waals surface area contributed by atoms with Gasteiger partial charge in [-0.2, -0.15) is 0 Å². The first kappa shape index (κ1) is 13.3. The molecule has 1 saturated heterocycles. The van der Waals surface area contributed by atoms with Crippen LogP contribution in [-0.4, -0.2) is 37.8 Å². The van der Waals surface area contributed by atoms with E-state index in [0.717, 1.165) is 37.4 Å². The number of hydrogen-bond donors (Lipinski definition) is 1. The summed E-state index contributed by atoms with van der Waals surface area (Å²) in [5.74, 6) is 0.836. The molecule has 4 heteroatoms. The number of benzene rings is 1. The number of ether oxygens (including phenoxy) is 3. The second-order valence-electron chi connectivity index (χ2n) is 4.24. The minimum atomic E-state index is -0.135. The minimum absolute atomic E-state index is 0.134. The lowest BCUT2D eigenvalue weighted by Crippen LogP contribution is -2.26. The highest BCUT2D eigenvalue weighted by Crippen LogP contribution is 2.19. The zero-order chi connectivity index (χ0) is 12.6. The van der Waals surface area contributed by atoms with Crippen molar-refractivity contribution in [3.05, 3.63) is 29.8 Å². The Balaban J connectivity index is 1.78. The molecule has 0 unspecified atom stereocenters. The quantitative estimate of drug-likeness (QED) is 0.838. The summed E-state index contributed by atoms with van der Waals surface area (Å²) in [4.78, 5) is 0. The summed E-state index contributed by atoms with van der Waals surface area (Å²) >= 11 is 0. The zero-order valence-electron chi connectivity index (χ0n) is 10.5. The fourth-order valence-electron chi connectivity index (χ4n) is 1.94. The van der Waals surface area contributed by atoms with E-state index in [-0.39, 0.29) is 12.9 Å². The maximum absolute atomic E-state index is 8.98. The Morgan fingerprint density at radius 3 is 2.78 bits per heavy atom. The van der Waals surface area contributed by atoms with Gasteiger partial charge in [0.2, 0.25) is 0 Å². The van der Waals surface area contributed by atoms with Gasteiger partial charge in [0.15, 0.2) is 6.29 Å². The van der Waals surface area contributed by atoms with E-state index in [1.807, 2.05) is 24.3 Å². The molecule has 0 spiro atoms. The highest BCUT2D eigenvalue weighted by atomic mass is 16.7. The van der Waals surface area contributed by atoms with E-state index >= 15 is 0 Å². The Morgan fingerprint density at radius 1 is 1.22 bits per heavy atom. The molecule has 1 fully saturated rings. The lowest BCUT2D eigenvalue weighted by atomic mass is 10.1. The Hall–Kier alpha value is -1.10. The molecule has 4 nitrogen and oxygen atoms in total. The number of hydrogen-bond acceptors (Lipinski definition) is 4. The molecule has 0 aliphatic carbocycles. The van der Waals surface area contributed by atoms with Crippen molar-refractivity contribution in [1.29, 1.82) is 0 Å². The molecule has 0 saturated carbocycles. The van der Waals surface area contributed by atoms with E-state index in [0.29, 0.717) is 13.0 Å². The van der Waals surface area contributed by atoms with Crippen molar-refractivity contribution in [2.24, 2.45) is 0 Å². The Kier molecular flexibility index (Phi) is 5.45. The van der Waals surface area contributed by atoms with Gasteiger partial charge in [0.05, 0.1) is 19.8 Å². The van der Waals surface area contributed by atoms with Gasteiger partial charge in [0.1, 0.15) is 5.75 Å². The zero-order valence-corrected chi connectivity index (χ0v) is 10.5. The van der Waals surface area contributed by atoms with Gasteiger partial charge in [0.25, 0.3) is 0 Å². The number of aliphatic hydroxyl groups is 1. The maximum Gasteiger partial charge on any atom is 0.160 e. The molecule has 0 aromatic heterocycles. The standard InChI is InChI=1S/C14H20O4/c15-8-6-12-4-1-2-5-13(12)16-11-7-14-17-9-3-10-18-14/h1-2,4-5,14-15H,3,6-11H2. The smallest absolute Gasteiger partial charge is 0.160 e. The number of para-hydroxylation sites is 1. The predicted molar refractivity (Wildman–Crippen MR) is 67.7 cm³/mol. The molecule has 0 bridgehead atoms. The molecular formula is C14H20O4. The van der Waals surface area contributed by atoms with Gasteiger partial charge in [-0.3, -0.25) is 0 Å². The summed E-state index contributed by atoms with van der Waals surface area (Å²) in [6.45, 7) is 2.24. The second kappa shape index (κ2) is 7.36. The molecule has 2 rings (SSSR count). The molecule has 100 valence electrons. The van der Waals surface area contributed by atoms with E-state index in [2.05, 4.69) is 0 Å². The van der Waals surface area contributed by atoms with Crippen molar-refractivity contribution < 1.29 is 19.3 Å². The van der Waals surface area contributed by atoms with E-state index in [1.165, 1.54) is 0 Å². The first-order valence-corrected chi connectivity index (χ1v) is 6.45. The van der Waals surface area contributed by atoms with E-state index in [9.17, 15) is 0 Å². The summed E-state index contributed by atoms with van der Waals surface area (Å²) in [6.07, 6.45) is 2.18. The molecule has 18 heavy (non-hydrogen) atoms. The molecule has 0 amide bonds. The van der Waals surface area contributed by atoms with E-state index in [4.69, 9.17) is 19.3 Å². The highest BCUT2D eigenvalue weighted by molar-refractivity contribution is 5.33. The molecule has 1 aromatic carbocycles. The fourth-order valence-corrected chi connectivity index (χ4v) is 1.94. The summed E-state index contributed by atoms with van der Waals surface area (Å²) in [5, 5.41) is 8.98. The first-order valence-electron chi connectivity index (χ1n) is 6.45. The molecular weight excluding hydrogens is 232 g/mol. The second-order valence-corrected chi connectivity index (χ2v) is 4.24. The molecule has 1 aliphatic heterocycles. The van der Waals surface area contributed by atoms with Crippen LogP contribution >= 0.6 is 0 Å². The van der Waals surface area contributed by atoms with Crippen molar-refractivity contribution >= 4 is 0 Å². The van der Waals surface area contributed by atoms with Crippen LogP contribution in [0.4, 0.5) is 0 Å². The topological polar surface area (TPSA) is 47.9 Å². The van der Waals surface area contributed by atoms with Gasteiger partial charge in [0, 0.05) is 13.0 Å². The molecule has 0 atom stereocenters. The summed E-state index contributed by atoms with van der Waals surface area (Å²) in [6, 6.07) is 7.78. The van der Waals surface area contributed by atoms with Crippen molar-refractivity contribution in [1.82, 2.24) is 0 Å². The fraction of sp³-hybridized carbons (Fsp3) is 0.571. The number of rotatable bonds is 6. The van der Waals surface area contributed by atoms with Crippen LogP contribution in [0.1, 0.15) is 18.4 Å². The summed E-state index contributed by atoms with van der Waals surface area (Å²) < 4.78 is 16.6. The van der Waals surface area contributed by atoms with Gasteiger partial charge >= 0.3 is 0 Å². The van der Waals surface area contributed by atoms with Crippen molar-refractivity contribution in [3.8, 4) is 5.75 Å². The molecule has 0 radical (unpaired) electrons. The summed E-state index contributed by atoms with van der Waals surface area (Å²) in [5.41, 5.74) is 1.03. The van der Waals surface area contributed by atoms with Gasteiger partial charge in [-0.15, -0.1) is 0 Å². The third-order valence-electron chi connectivity index (χ3n) is 2.86. The Labute approximate surface area is 107 Å². The van der Waals surface area contributed by atoms with Crippen LogP contribution in [0, 0.1) is 0 Å². The first-order chi connectivity index (χ1) is 8.90. The Bertz CT molecular complexity index is 347.